The average molecular weight is 300 g/mol. The van der Waals surface area contributed by atoms with Crippen LogP contribution in [0.4, 0.5) is 4.79 Å². The highest BCUT2D eigenvalue weighted by molar-refractivity contribution is 5.75. The predicted octanol–water partition coefficient (Wildman–Crippen LogP) is 2.04. The minimum atomic E-state index is -0.822. The molecule has 6 nitrogen and oxygen atoms in total. The summed E-state index contributed by atoms with van der Waals surface area (Å²) in [7, 11) is 1.68. The van der Waals surface area contributed by atoms with Crippen molar-refractivity contribution in [2.24, 2.45) is 5.92 Å². The van der Waals surface area contributed by atoms with E-state index in [2.05, 4.69) is 6.92 Å². The van der Waals surface area contributed by atoms with Gasteiger partial charge < -0.3 is 19.6 Å². The molecule has 1 aliphatic rings. The number of carbonyl (C=O) groups is 2. The summed E-state index contributed by atoms with van der Waals surface area (Å²) < 4.78 is 5.45. The first-order chi connectivity index (χ1) is 9.86. The molecule has 1 rings (SSSR count). The van der Waals surface area contributed by atoms with Crippen molar-refractivity contribution in [1.82, 2.24) is 9.80 Å². The molecule has 1 aliphatic heterocycles. The molecule has 122 valence electrons. The SMILES string of the molecule is COC1CN(C(=O)N(CCCC(=O)O)C(C)C)CCC1C. The van der Waals surface area contributed by atoms with Crippen LogP contribution in [0.5, 0.6) is 0 Å². The molecule has 1 fully saturated rings. The third-order valence-electron chi connectivity index (χ3n) is 4.12. The third kappa shape index (κ3) is 5.19. The highest BCUT2D eigenvalue weighted by Crippen LogP contribution is 2.21. The summed E-state index contributed by atoms with van der Waals surface area (Å²) in [6.45, 7) is 7.88. The van der Waals surface area contributed by atoms with Gasteiger partial charge in [0, 0.05) is 39.2 Å². The summed E-state index contributed by atoms with van der Waals surface area (Å²) in [4.78, 5) is 26.8. The Bertz CT molecular complexity index is 360. The molecule has 0 bridgehead atoms. The van der Waals surface area contributed by atoms with E-state index in [1.54, 1.807) is 12.0 Å². The van der Waals surface area contributed by atoms with Crippen LogP contribution in [-0.4, -0.2) is 65.8 Å². The number of likely N-dealkylation sites (tertiary alicyclic amines) is 1. The zero-order valence-corrected chi connectivity index (χ0v) is 13.5. The van der Waals surface area contributed by atoms with E-state index in [1.807, 2.05) is 18.7 Å². The number of piperidine rings is 1. The Kier molecular flexibility index (Phi) is 6.95. The zero-order valence-electron chi connectivity index (χ0n) is 13.5. The number of ether oxygens (including phenoxy) is 1. The number of carbonyl (C=O) groups excluding carboxylic acids is 1. The minimum Gasteiger partial charge on any atom is -0.481 e. The smallest absolute Gasteiger partial charge is 0.320 e. The van der Waals surface area contributed by atoms with E-state index in [9.17, 15) is 9.59 Å². The zero-order chi connectivity index (χ0) is 16.0. The lowest BCUT2D eigenvalue weighted by atomic mass is 9.96. The molecule has 0 aromatic carbocycles. The lowest BCUT2D eigenvalue weighted by Crippen LogP contribution is -2.53. The quantitative estimate of drug-likeness (QED) is 0.815. The molecule has 2 atom stereocenters. The lowest BCUT2D eigenvalue weighted by molar-refractivity contribution is -0.137. The van der Waals surface area contributed by atoms with E-state index >= 15 is 0 Å². The van der Waals surface area contributed by atoms with Crippen LogP contribution in [0.25, 0.3) is 0 Å². The Morgan fingerprint density at radius 1 is 1.43 bits per heavy atom. The number of nitrogens with zero attached hydrogens (tertiary/aromatic N) is 2. The van der Waals surface area contributed by atoms with Crippen LogP contribution < -0.4 is 0 Å². The van der Waals surface area contributed by atoms with Crippen LogP contribution in [0.15, 0.2) is 0 Å². The maximum Gasteiger partial charge on any atom is 0.320 e. The van der Waals surface area contributed by atoms with Gasteiger partial charge in [0.1, 0.15) is 0 Å². The first-order valence-corrected chi connectivity index (χ1v) is 7.67. The summed E-state index contributed by atoms with van der Waals surface area (Å²) in [5, 5.41) is 8.72. The van der Waals surface area contributed by atoms with Crippen LogP contribution >= 0.6 is 0 Å². The summed E-state index contributed by atoms with van der Waals surface area (Å²) in [6.07, 6.45) is 1.59. The number of aliphatic carboxylic acids is 1. The fraction of sp³-hybridized carbons (Fsp3) is 0.867. The van der Waals surface area contributed by atoms with E-state index in [1.165, 1.54) is 0 Å². The highest BCUT2D eigenvalue weighted by Gasteiger charge is 2.31. The molecular formula is C15H28N2O4. The van der Waals surface area contributed by atoms with Crippen molar-refractivity contribution >= 4 is 12.0 Å². The number of carboxylic acid groups (broad SMARTS) is 1. The molecule has 6 heteroatoms. The Balaban J connectivity index is 2.61. The van der Waals surface area contributed by atoms with Crippen molar-refractivity contribution in [2.45, 2.75) is 52.2 Å². The van der Waals surface area contributed by atoms with Crippen molar-refractivity contribution in [1.29, 1.82) is 0 Å². The van der Waals surface area contributed by atoms with E-state index in [4.69, 9.17) is 9.84 Å². The van der Waals surface area contributed by atoms with Crippen molar-refractivity contribution in [3.05, 3.63) is 0 Å². The molecular weight excluding hydrogens is 272 g/mol. The first-order valence-electron chi connectivity index (χ1n) is 7.67. The third-order valence-corrected chi connectivity index (χ3v) is 4.12. The van der Waals surface area contributed by atoms with Gasteiger partial charge in [-0.1, -0.05) is 6.92 Å². The second-order valence-corrected chi connectivity index (χ2v) is 6.05. The molecule has 0 saturated carbocycles. The van der Waals surface area contributed by atoms with Gasteiger partial charge in [-0.25, -0.2) is 4.79 Å². The van der Waals surface area contributed by atoms with Crippen molar-refractivity contribution in [3.8, 4) is 0 Å². The normalized spacial score (nSPS) is 22.4. The van der Waals surface area contributed by atoms with Crippen LogP contribution in [0.3, 0.4) is 0 Å². The molecule has 0 aliphatic carbocycles. The van der Waals surface area contributed by atoms with Gasteiger partial charge in [-0.2, -0.15) is 0 Å². The topological polar surface area (TPSA) is 70.1 Å². The van der Waals surface area contributed by atoms with E-state index < -0.39 is 5.97 Å². The second-order valence-electron chi connectivity index (χ2n) is 6.05. The van der Waals surface area contributed by atoms with Gasteiger partial charge in [0.2, 0.25) is 0 Å². The Morgan fingerprint density at radius 2 is 2.10 bits per heavy atom. The van der Waals surface area contributed by atoms with E-state index in [-0.39, 0.29) is 24.6 Å². The first kappa shape index (κ1) is 17.8. The molecule has 2 amide bonds. The number of rotatable bonds is 6. The van der Waals surface area contributed by atoms with Crippen LogP contribution in [0.2, 0.25) is 0 Å². The average Bonchev–Trinajstić information content (AvgIpc) is 2.42. The molecule has 21 heavy (non-hydrogen) atoms. The van der Waals surface area contributed by atoms with Gasteiger partial charge in [-0.15, -0.1) is 0 Å². The van der Waals surface area contributed by atoms with Gasteiger partial charge in [-0.3, -0.25) is 4.79 Å². The Labute approximate surface area is 127 Å². The standard InChI is InChI=1S/C15H28N2O4/c1-11(2)17(8-5-6-14(18)19)15(20)16-9-7-12(3)13(10-16)21-4/h11-13H,5-10H2,1-4H3,(H,18,19). The number of methoxy groups -OCH3 is 1. The second kappa shape index (κ2) is 8.22. The number of hydrogen-bond donors (Lipinski definition) is 1. The van der Waals surface area contributed by atoms with Crippen LogP contribution in [0, 0.1) is 5.92 Å². The number of hydrogen-bond acceptors (Lipinski definition) is 3. The summed E-state index contributed by atoms with van der Waals surface area (Å²) in [5.74, 6) is -0.365. The van der Waals surface area contributed by atoms with Gasteiger partial charge in [-0.05, 0) is 32.6 Å². The minimum absolute atomic E-state index is 0.00987. The predicted molar refractivity (Wildman–Crippen MR) is 80.3 cm³/mol. The Hall–Kier alpha value is -1.30. The largest absolute Gasteiger partial charge is 0.481 e. The van der Waals surface area contributed by atoms with E-state index in [0.29, 0.717) is 25.4 Å². The maximum absolute atomic E-state index is 12.6. The molecule has 1 heterocycles. The van der Waals surface area contributed by atoms with Gasteiger partial charge in [0.15, 0.2) is 0 Å². The van der Waals surface area contributed by atoms with Crippen molar-refractivity contribution in [2.75, 3.05) is 26.7 Å². The Morgan fingerprint density at radius 3 is 2.62 bits per heavy atom. The van der Waals surface area contributed by atoms with E-state index in [0.717, 1.165) is 13.0 Å². The maximum atomic E-state index is 12.6. The molecule has 0 radical (unpaired) electrons. The molecule has 0 aromatic heterocycles. The molecule has 1 saturated heterocycles. The van der Waals surface area contributed by atoms with Gasteiger partial charge in [0.25, 0.3) is 0 Å². The number of amides is 2. The fourth-order valence-corrected chi connectivity index (χ4v) is 2.67. The summed E-state index contributed by atoms with van der Waals surface area (Å²) in [5.41, 5.74) is 0. The summed E-state index contributed by atoms with van der Waals surface area (Å²) in [6, 6.07) is 0.0518. The van der Waals surface area contributed by atoms with Gasteiger partial charge >= 0.3 is 12.0 Å². The van der Waals surface area contributed by atoms with Crippen LogP contribution in [0.1, 0.15) is 40.0 Å². The molecule has 0 aromatic rings. The lowest BCUT2D eigenvalue weighted by Gasteiger charge is -2.40. The summed E-state index contributed by atoms with van der Waals surface area (Å²) >= 11 is 0. The number of urea groups is 1. The molecule has 1 N–H and O–H groups in total. The highest BCUT2D eigenvalue weighted by atomic mass is 16.5. The van der Waals surface area contributed by atoms with Crippen molar-refractivity contribution < 1.29 is 19.4 Å². The molecule has 0 spiro atoms. The van der Waals surface area contributed by atoms with Crippen molar-refractivity contribution in [3.63, 3.8) is 0 Å². The fourth-order valence-electron chi connectivity index (χ4n) is 2.67. The monoisotopic (exact) mass is 300 g/mol. The number of carboxylic acids is 1. The van der Waals surface area contributed by atoms with Gasteiger partial charge in [0.05, 0.1) is 6.10 Å². The van der Waals surface area contributed by atoms with Crippen LogP contribution in [-0.2, 0) is 9.53 Å². The molecule has 2 unspecified atom stereocenters.